The van der Waals surface area contributed by atoms with E-state index in [1.165, 1.54) is 18.5 Å². The molecule has 0 aromatic carbocycles. The highest BCUT2D eigenvalue weighted by Gasteiger charge is 2.25. The van der Waals surface area contributed by atoms with Gasteiger partial charge < -0.3 is 15.4 Å². The third kappa shape index (κ3) is 4.36. The molecule has 0 atom stereocenters. The van der Waals surface area contributed by atoms with Crippen LogP contribution in [0.4, 0.5) is 0 Å². The van der Waals surface area contributed by atoms with Crippen LogP contribution >= 0.6 is 11.3 Å². The number of methoxy groups -OCH3 is 1. The van der Waals surface area contributed by atoms with E-state index in [2.05, 4.69) is 21.0 Å². The zero-order chi connectivity index (χ0) is 12.8. The molecule has 0 radical (unpaired) electrons. The fourth-order valence-electron chi connectivity index (χ4n) is 1.59. The van der Waals surface area contributed by atoms with Gasteiger partial charge in [0.05, 0.1) is 25.4 Å². The van der Waals surface area contributed by atoms with Crippen LogP contribution in [0.2, 0.25) is 0 Å². The lowest BCUT2D eigenvalue weighted by Crippen LogP contribution is -2.34. The van der Waals surface area contributed by atoms with Gasteiger partial charge in [0.25, 0.3) is 0 Å². The van der Waals surface area contributed by atoms with Gasteiger partial charge in [-0.1, -0.05) is 0 Å². The highest BCUT2D eigenvalue weighted by Crippen LogP contribution is 2.40. The Labute approximate surface area is 111 Å². The summed E-state index contributed by atoms with van der Waals surface area (Å²) in [5.74, 6) is 0.677. The summed E-state index contributed by atoms with van der Waals surface area (Å²) in [5.41, 5.74) is 1.20. The molecular formula is C12H19N3O2S. The second-order valence-electron chi connectivity index (χ2n) is 4.39. The summed E-state index contributed by atoms with van der Waals surface area (Å²) in [6.45, 7) is 2.16. The number of carbonyl (C=O) groups excluding carboxylic acids is 1. The number of rotatable bonds is 8. The molecule has 6 heteroatoms. The molecule has 2 rings (SSSR count). The third-order valence-electron chi connectivity index (χ3n) is 2.77. The van der Waals surface area contributed by atoms with Gasteiger partial charge in [0.2, 0.25) is 5.91 Å². The summed E-state index contributed by atoms with van der Waals surface area (Å²) in [7, 11) is 1.64. The second kappa shape index (κ2) is 6.82. The lowest BCUT2D eigenvalue weighted by Gasteiger charge is -2.04. The molecular weight excluding hydrogens is 250 g/mol. The number of hydrogen-bond acceptors (Lipinski definition) is 5. The van der Waals surface area contributed by atoms with E-state index in [0.717, 1.165) is 5.01 Å². The van der Waals surface area contributed by atoms with Crippen molar-refractivity contribution >= 4 is 17.2 Å². The van der Waals surface area contributed by atoms with Crippen molar-refractivity contribution in [2.24, 2.45) is 0 Å². The fourth-order valence-corrected chi connectivity index (χ4v) is 2.40. The zero-order valence-electron chi connectivity index (χ0n) is 10.6. The van der Waals surface area contributed by atoms with Gasteiger partial charge in [-0.05, 0) is 12.8 Å². The van der Waals surface area contributed by atoms with Crippen LogP contribution in [-0.2, 0) is 16.1 Å². The van der Waals surface area contributed by atoms with Gasteiger partial charge >= 0.3 is 0 Å². The predicted octanol–water partition coefficient (Wildman–Crippen LogP) is 0.873. The molecule has 0 saturated heterocycles. The maximum Gasteiger partial charge on any atom is 0.234 e. The molecule has 1 saturated carbocycles. The van der Waals surface area contributed by atoms with Gasteiger partial charge in [0, 0.05) is 25.0 Å². The number of ether oxygens (including phenoxy) is 1. The van der Waals surface area contributed by atoms with Crippen LogP contribution in [-0.4, -0.2) is 37.7 Å². The van der Waals surface area contributed by atoms with Crippen molar-refractivity contribution in [3.63, 3.8) is 0 Å². The molecule has 100 valence electrons. The van der Waals surface area contributed by atoms with Crippen LogP contribution < -0.4 is 10.6 Å². The van der Waals surface area contributed by atoms with Gasteiger partial charge in [0.15, 0.2) is 0 Å². The average molecular weight is 269 g/mol. The van der Waals surface area contributed by atoms with E-state index in [-0.39, 0.29) is 5.91 Å². The fraction of sp³-hybridized carbons (Fsp3) is 0.667. The molecule has 1 aliphatic carbocycles. The first-order valence-electron chi connectivity index (χ1n) is 6.20. The van der Waals surface area contributed by atoms with Crippen molar-refractivity contribution in [2.45, 2.75) is 25.3 Å². The molecule has 1 aromatic heterocycles. The third-order valence-corrected chi connectivity index (χ3v) is 3.64. The smallest absolute Gasteiger partial charge is 0.234 e. The Kier molecular flexibility index (Phi) is 5.10. The molecule has 0 spiro atoms. The van der Waals surface area contributed by atoms with Crippen LogP contribution in [0.15, 0.2) is 5.38 Å². The zero-order valence-corrected chi connectivity index (χ0v) is 11.4. The van der Waals surface area contributed by atoms with Crippen molar-refractivity contribution in [2.75, 3.05) is 26.8 Å². The standard InChI is InChI=1S/C12H19N3O2S/c1-17-5-4-13-6-11(16)14-7-12-15-10(8-18-12)9-2-3-9/h8-9,13H,2-7H2,1H3,(H,14,16). The van der Waals surface area contributed by atoms with Crippen LogP contribution in [0.3, 0.4) is 0 Å². The van der Waals surface area contributed by atoms with Gasteiger partial charge in [-0.2, -0.15) is 0 Å². The van der Waals surface area contributed by atoms with Gasteiger partial charge in [-0.3, -0.25) is 4.79 Å². The van der Waals surface area contributed by atoms with E-state index >= 15 is 0 Å². The predicted molar refractivity (Wildman–Crippen MR) is 70.7 cm³/mol. The van der Waals surface area contributed by atoms with Gasteiger partial charge in [0.1, 0.15) is 5.01 Å². The average Bonchev–Trinajstić information content (AvgIpc) is 3.12. The molecule has 0 bridgehead atoms. The molecule has 0 aliphatic heterocycles. The lowest BCUT2D eigenvalue weighted by atomic mass is 10.3. The van der Waals surface area contributed by atoms with Gasteiger partial charge in [-0.25, -0.2) is 4.98 Å². The number of hydrogen-bond donors (Lipinski definition) is 2. The number of thiazole rings is 1. The van der Waals surface area contributed by atoms with E-state index in [9.17, 15) is 4.79 Å². The van der Waals surface area contributed by atoms with Crippen molar-refractivity contribution in [3.05, 3.63) is 16.1 Å². The Bertz CT molecular complexity index is 390. The molecule has 1 heterocycles. The summed E-state index contributed by atoms with van der Waals surface area (Å²) in [4.78, 5) is 16.0. The normalized spacial score (nSPS) is 14.7. The molecule has 1 aromatic rings. The summed E-state index contributed by atoms with van der Waals surface area (Å²) < 4.78 is 4.88. The first-order chi connectivity index (χ1) is 8.79. The minimum atomic E-state index is -0.00530. The van der Waals surface area contributed by atoms with Crippen molar-refractivity contribution < 1.29 is 9.53 Å². The first kappa shape index (κ1) is 13.5. The first-order valence-corrected chi connectivity index (χ1v) is 7.08. The Hall–Kier alpha value is -0.980. The molecule has 18 heavy (non-hydrogen) atoms. The minimum Gasteiger partial charge on any atom is -0.383 e. The second-order valence-corrected chi connectivity index (χ2v) is 5.33. The maximum absolute atomic E-state index is 11.5. The summed E-state index contributed by atoms with van der Waals surface area (Å²) in [5, 5.41) is 8.95. The Morgan fingerprint density at radius 1 is 1.61 bits per heavy atom. The summed E-state index contributed by atoms with van der Waals surface area (Å²) >= 11 is 1.63. The number of nitrogens with zero attached hydrogens (tertiary/aromatic N) is 1. The van der Waals surface area contributed by atoms with E-state index in [1.807, 2.05) is 0 Å². The van der Waals surface area contributed by atoms with E-state index in [1.54, 1.807) is 18.4 Å². The Morgan fingerprint density at radius 2 is 2.44 bits per heavy atom. The van der Waals surface area contributed by atoms with Crippen LogP contribution in [0.25, 0.3) is 0 Å². The van der Waals surface area contributed by atoms with Crippen LogP contribution in [0, 0.1) is 0 Å². The quantitative estimate of drug-likeness (QED) is 0.688. The molecule has 2 N–H and O–H groups in total. The van der Waals surface area contributed by atoms with Crippen molar-refractivity contribution in [1.82, 2.24) is 15.6 Å². The molecule has 5 nitrogen and oxygen atoms in total. The molecule has 0 unspecified atom stereocenters. The number of carbonyl (C=O) groups is 1. The summed E-state index contributed by atoms with van der Waals surface area (Å²) in [6, 6.07) is 0. The largest absolute Gasteiger partial charge is 0.383 e. The number of nitrogens with one attached hydrogen (secondary N) is 2. The van der Waals surface area contributed by atoms with E-state index in [4.69, 9.17) is 4.74 Å². The lowest BCUT2D eigenvalue weighted by molar-refractivity contribution is -0.120. The topological polar surface area (TPSA) is 63.2 Å². The van der Waals surface area contributed by atoms with Crippen molar-refractivity contribution in [1.29, 1.82) is 0 Å². The monoisotopic (exact) mass is 269 g/mol. The Balaban J connectivity index is 1.62. The van der Waals surface area contributed by atoms with E-state index in [0.29, 0.717) is 32.2 Å². The van der Waals surface area contributed by atoms with Crippen LogP contribution in [0.5, 0.6) is 0 Å². The maximum atomic E-state index is 11.5. The highest BCUT2D eigenvalue weighted by atomic mass is 32.1. The van der Waals surface area contributed by atoms with E-state index < -0.39 is 0 Å². The molecule has 1 aliphatic rings. The minimum absolute atomic E-state index is 0.00530. The highest BCUT2D eigenvalue weighted by molar-refractivity contribution is 7.09. The SMILES string of the molecule is COCCNCC(=O)NCc1nc(C2CC2)cs1. The number of amides is 1. The Morgan fingerprint density at radius 3 is 3.17 bits per heavy atom. The number of aromatic nitrogens is 1. The van der Waals surface area contributed by atoms with Crippen molar-refractivity contribution in [3.8, 4) is 0 Å². The molecule has 1 amide bonds. The van der Waals surface area contributed by atoms with Crippen LogP contribution in [0.1, 0.15) is 29.5 Å². The summed E-state index contributed by atoms with van der Waals surface area (Å²) in [6.07, 6.45) is 2.53. The molecule has 1 fully saturated rings. The van der Waals surface area contributed by atoms with Gasteiger partial charge in [-0.15, -0.1) is 11.3 Å².